The van der Waals surface area contributed by atoms with E-state index in [-0.39, 0.29) is 5.91 Å². The van der Waals surface area contributed by atoms with Gasteiger partial charge in [-0.2, -0.15) is 0 Å². The summed E-state index contributed by atoms with van der Waals surface area (Å²) in [5, 5.41) is 3.68. The number of rotatable bonds is 7. The molecule has 0 spiro atoms. The van der Waals surface area contributed by atoms with Crippen LogP contribution in [0.3, 0.4) is 0 Å². The summed E-state index contributed by atoms with van der Waals surface area (Å²) in [6.07, 6.45) is 0. The lowest BCUT2D eigenvalue weighted by Gasteiger charge is -2.34. The fourth-order valence-corrected chi connectivity index (χ4v) is 3.28. The van der Waals surface area contributed by atoms with Crippen molar-refractivity contribution in [1.29, 1.82) is 0 Å². The van der Waals surface area contributed by atoms with Crippen molar-refractivity contribution in [2.75, 3.05) is 39.8 Å². The third-order valence-electron chi connectivity index (χ3n) is 4.80. The van der Waals surface area contributed by atoms with Crippen LogP contribution in [0.25, 0.3) is 0 Å². The molecule has 0 saturated carbocycles. The molecule has 3 rings (SSSR count). The molecule has 1 heterocycles. The third-order valence-corrected chi connectivity index (χ3v) is 5.05. The Balaban J connectivity index is 1.37. The van der Waals surface area contributed by atoms with Crippen molar-refractivity contribution >= 4 is 17.5 Å². The monoisotopic (exact) mass is 387 g/mol. The fraction of sp³-hybridized carbons (Fsp3) is 0.381. The fourth-order valence-electron chi connectivity index (χ4n) is 3.16. The van der Waals surface area contributed by atoms with Gasteiger partial charge in [0.05, 0.1) is 13.7 Å². The van der Waals surface area contributed by atoms with Gasteiger partial charge < -0.3 is 10.1 Å². The predicted molar refractivity (Wildman–Crippen MR) is 108 cm³/mol. The van der Waals surface area contributed by atoms with Gasteiger partial charge in [0.25, 0.3) is 0 Å². The van der Waals surface area contributed by atoms with E-state index in [4.69, 9.17) is 16.3 Å². The first-order valence-corrected chi connectivity index (χ1v) is 9.59. The van der Waals surface area contributed by atoms with Gasteiger partial charge >= 0.3 is 0 Å². The molecule has 0 atom stereocenters. The lowest BCUT2D eigenvalue weighted by atomic mass is 10.2. The maximum atomic E-state index is 12.2. The molecule has 5 nitrogen and oxygen atoms in total. The SMILES string of the molecule is COc1ccc(CN2CCN(CC(=O)NCc3ccc(Cl)cc3)CC2)cc1. The highest BCUT2D eigenvalue weighted by Gasteiger charge is 2.19. The van der Waals surface area contributed by atoms with Crippen LogP contribution in [0.1, 0.15) is 11.1 Å². The maximum Gasteiger partial charge on any atom is 0.234 e. The molecule has 1 saturated heterocycles. The number of halogens is 1. The number of hydrogen-bond donors (Lipinski definition) is 1. The number of ether oxygens (including phenoxy) is 1. The Labute approximate surface area is 165 Å². The molecule has 0 bridgehead atoms. The number of amides is 1. The molecule has 0 radical (unpaired) electrons. The lowest BCUT2D eigenvalue weighted by Crippen LogP contribution is -2.49. The predicted octanol–water partition coefficient (Wildman–Crippen LogP) is 2.78. The summed E-state index contributed by atoms with van der Waals surface area (Å²) in [6.45, 7) is 5.67. The molecular formula is C21H26ClN3O2. The van der Waals surface area contributed by atoms with E-state index < -0.39 is 0 Å². The van der Waals surface area contributed by atoms with Gasteiger partial charge in [-0.3, -0.25) is 14.6 Å². The van der Waals surface area contributed by atoms with E-state index in [1.54, 1.807) is 7.11 Å². The van der Waals surface area contributed by atoms with Crippen LogP contribution in [0.15, 0.2) is 48.5 Å². The normalized spacial score (nSPS) is 15.5. The summed E-state index contributed by atoms with van der Waals surface area (Å²) in [7, 11) is 1.68. The second kappa shape index (κ2) is 9.74. The summed E-state index contributed by atoms with van der Waals surface area (Å²) in [5.41, 5.74) is 2.34. The van der Waals surface area contributed by atoms with Gasteiger partial charge in [0.1, 0.15) is 5.75 Å². The molecule has 1 N–H and O–H groups in total. The van der Waals surface area contributed by atoms with Crippen LogP contribution in [-0.2, 0) is 17.9 Å². The second-order valence-corrected chi connectivity index (χ2v) is 7.24. The summed E-state index contributed by atoms with van der Waals surface area (Å²) >= 11 is 5.88. The molecule has 0 unspecified atom stereocenters. The first kappa shape index (κ1) is 19.7. The average Bonchev–Trinajstić information content (AvgIpc) is 2.70. The number of carbonyl (C=O) groups excluding carboxylic acids is 1. The molecule has 6 heteroatoms. The first-order chi connectivity index (χ1) is 13.1. The number of hydrogen-bond acceptors (Lipinski definition) is 4. The van der Waals surface area contributed by atoms with Crippen LogP contribution in [-0.4, -0.2) is 55.5 Å². The van der Waals surface area contributed by atoms with Crippen molar-refractivity contribution in [1.82, 2.24) is 15.1 Å². The minimum atomic E-state index is 0.0635. The number of piperazine rings is 1. The highest BCUT2D eigenvalue weighted by Crippen LogP contribution is 2.14. The molecule has 2 aromatic carbocycles. The van der Waals surface area contributed by atoms with Crippen molar-refractivity contribution in [3.8, 4) is 5.75 Å². The Morgan fingerprint density at radius 1 is 0.963 bits per heavy atom. The molecule has 1 aliphatic rings. The average molecular weight is 388 g/mol. The second-order valence-electron chi connectivity index (χ2n) is 6.80. The van der Waals surface area contributed by atoms with Crippen molar-refractivity contribution in [2.45, 2.75) is 13.1 Å². The van der Waals surface area contributed by atoms with Crippen LogP contribution in [0.4, 0.5) is 0 Å². The summed E-state index contributed by atoms with van der Waals surface area (Å²) in [4.78, 5) is 16.8. The zero-order valence-corrected chi connectivity index (χ0v) is 16.4. The van der Waals surface area contributed by atoms with Gasteiger partial charge in [0.15, 0.2) is 0 Å². The molecule has 144 valence electrons. The zero-order valence-electron chi connectivity index (χ0n) is 15.7. The molecule has 1 amide bonds. The molecular weight excluding hydrogens is 362 g/mol. The van der Waals surface area contributed by atoms with E-state index in [2.05, 4.69) is 27.2 Å². The first-order valence-electron chi connectivity index (χ1n) is 9.21. The number of methoxy groups -OCH3 is 1. The molecule has 0 aliphatic carbocycles. The van der Waals surface area contributed by atoms with E-state index in [0.717, 1.165) is 44.0 Å². The van der Waals surface area contributed by atoms with Crippen LogP contribution in [0.2, 0.25) is 5.02 Å². The summed E-state index contributed by atoms with van der Waals surface area (Å²) in [6, 6.07) is 15.7. The van der Waals surface area contributed by atoms with Crippen LogP contribution >= 0.6 is 11.6 Å². The number of nitrogens with zero attached hydrogens (tertiary/aromatic N) is 2. The number of carbonyl (C=O) groups is 1. The quantitative estimate of drug-likeness (QED) is 0.793. The largest absolute Gasteiger partial charge is 0.497 e. The Kier molecular flexibility index (Phi) is 7.10. The Hall–Kier alpha value is -2.08. The highest BCUT2D eigenvalue weighted by molar-refractivity contribution is 6.30. The van der Waals surface area contributed by atoms with Gasteiger partial charge in [-0.25, -0.2) is 0 Å². The summed E-state index contributed by atoms with van der Waals surface area (Å²) in [5.74, 6) is 0.946. The van der Waals surface area contributed by atoms with E-state index in [0.29, 0.717) is 18.1 Å². The standard InChI is InChI=1S/C21H26ClN3O2/c1-27-20-8-4-18(5-9-20)15-24-10-12-25(13-11-24)16-21(26)23-14-17-2-6-19(22)7-3-17/h2-9H,10-16H2,1H3,(H,23,26). The van der Waals surface area contributed by atoms with Crippen molar-refractivity contribution < 1.29 is 9.53 Å². The maximum absolute atomic E-state index is 12.2. The Bertz CT molecular complexity index is 726. The van der Waals surface area contributed by atoms with E-state index >= 15 is 0 Å². The number of nitrogens with one attached hydrogen (secondary N) is 1. The van der Waals surface area contributed by atoms with Gasteiger partial charge in [-0.15, -0.1) is 0 Å². The topological polar surface area (TPSA) is 44.8 Å². The Morgan fingerprint density at radius 2 is 1.56 bits per heavy atom. The van der Waals surface area contributed by atoms with Crippen LogP contribution in [0.5, 0.6) is 5.75 Å². The van der Waals surface area contributed by atoms with Crippen molar-refractivity contribution in [2.24, 2.45) is 0 Å². The van der Waals surface area contributed by atoms with E-state index in [9.17, 15) is 4.79 Å². The minimum absolute atomic E-state index is 0.0635. The van der Waals surface area contributed by atoms with Crippen LogP contribution < -0.4 is 10.1 Å². The van der Waals surface area contributed by atoms with Gasteiger partial charge in [0, 0.05) is 44.3 Å². The lowest BCUT2D eigenvalue weighted by molar-refractivity contribution is -0.122. The Morgan fingerprint density at radius 3 is 2.19 bits per heavy atom. The highest BCUT2D eigenvalue weighted by atomic mass is 35.5. The van der Waals surface area contributed by atoms with E-state index in [1.165, 1.54) is 5.56 Å². The molecule has 1 aliphatic heterocycles. The smallest absolute Gasteiger partial charge is 0.234 e. The number of benzene rings is 2. The third kappa shape index (κ3) is 6.24. The van der Waals surface area contributed by atoms with Crippen LogP contribution in [0, 0.1) is 0 Å². The zero-order chi connectivity index (χ0) is 19.1. The molecule has 27 heavy (non-hydrogen) atoms. The molecule has 0 aromatic heterocycles. The van der Waals surface area contributed by atoms with Gasteiger partial charge in [-0.1, -0.05) is 35.9 Å². The minimum Gasteiger partial charge on any atom is -0.497 e. The van der Waals surface area contributed by atoms with E-state index in [1.807, 2.05) is 36.4 Å². The molecule has 1 fully saturated rings. The van der Waals surface area contributed by atoms with Crippen molar-refractivity contribution in [3.63, 3.8) is 0 Å². The van der Waals surface area contributed by atoms with Gasteiger partial charge in [0.2, 0.25) is 5.91 Å². The van der Waals surface area contributed by atoms with Crippen molar-refractivity contribution in [3.05, 3.63) is 64.7 Å². The summed E-state index contributed by atoms with van der Waals surface area (Å²) < 4.78 is 5.20. The molecule has 2 aromatic rings. The van der Waals surface area contributed by atoms with Gasteiger partial charge in [-0.05, 0) is 35.4 Å².